The van der Waals surface area contributed by atoms with Crippen molar-refractivity contribution in [1.82, 2.24) is 9.80 Å². The van der Waals surface area contributed by atoms with Crippen LogP contribution in [0.2, 0.25) is 0 Å². The number of piperazine rings is 1. The Morgan fingerprint density at radius 3 is 2.36 bits per heavy atom. The molecule has 0 spiro atoms. The van der Waals surface area contributed by atoms with Crippen LogP contribution in [0.25, 0.3) is 6.08 Å². The van der Waals surface area contributed by atoms with Crippen LogP contribution in [0, 0.1) is 5.82 Å². The van der Waals surface area contributed by atoms with Crippen molar-refractivity contribution in [2.24, 2.45) is 0 Å². The molecular weight excluding hydrogens is 369 g/mol. The molecule has 2 aromatic rings. The lowest BCUT2D eigenvalue weighted by Crippen LogP contribution is -2.47. The zero-order chi connectivity index (χ0) is 19.9. The lowest BCUT2D eigenvalue weighted by molar-refractivity contribution is -0.127. The Kier molecular flexibility index (Phi) is 6.71. The minimum absolute atomic E-state index is 0.0736. The molecule has 0 aliphatic carbocycles. The van der Waals surface area contributed by atoms with E-state index in [1.807, 2.05) is 6.07 Å². The Labute approximate surface area is 161 Å². The van der Waals surface area contributed by atoms with E-state index >= 15 is 0 Å². The molecule has 0 unspecified atom stereocenters. The number of hydrogen-bond donors (Lipinski definition) is 0. The lowest BCUT2D eigenvalue weighted by atomic mass is 10.1. The van der Waals surface area contributed by atoms with Crippen molar-refractivity contribution in [3.05, 3.63) is 71.6 Å². The predicted octanol–water partition coefficient (Wildman–Crippen LogP) is 3.78. The highest BCUT2D eigenvalue weighted by molar-refractivity contribution is 5.91. The highest BCUT2D eigenvalue weighted by Crippen LogP contribution is 2.16. The minimum atomic E-state index is -2.86. The van der Waals surface area contributed by atoms with Crippen LogP contribution in [0.15, 0.2) is 54.6 Å². The van der Waals surface area contributed by atoms with Gasteiger partial charge in [-0.15, -0.1) is 0 Å². The number of ether oxygens (including phenoxy) is 1. The first-order valence-corrected chi connectivity index (χ1v) is 8.99. The first kappa shape index (κ1) is 19.9. The van der Waals surface area contributed by atoms with E-state index in [1.54, 1.807) is 35.2 Å². The van der Waals surface area contributed by atoms with E-state index in [-0.39, 0.29) is 17.5 Å². The standard InChI is InChI=1S/C21H21F3N2O2/c22-19-4-2-1-3-17(19)15-25-11-13-26(14-12-25)20(27)10-7-16-5-8-18(9-6-16)28-21(23)24/h1-10,21H,11-15H2/b10-7-. The maximum atomic E-state index is 13.8. The van der Waals surface area contributed by atoms with Crippen molar-refractivity contribution in [1.29, 1.82) is 0 Å². The fourth-order valence-corrected chi connectivity index (χ4v) is 3.03. The first-order valence-electron chi connectivity index (χ1n) is 8.99. The van der Waals surface area contributed by atoms with Gasteiger partial charge in [0.15, 0.2) is 0 Å². The predicted molar refractivity (Wildman–Crippen MR) is 100 cm³/mol. The number of amides is 1. The van der Waals surface area contributed by atoms with E-state index in [2.05, 4.69) is 9.64 Å². The number of nitrogens with zero attached hydrogens (tertiary/aromatic N) is 2. The number of hydrogen-bond acceptors (Lipinski definition) is 3. The molecule has 1 aliphatic heterocycles. The second-order valence-corrected chi connectivity index (χ2v) is 6.47. The summed E-state index contributed by atoms with van der Waals surface area (Å²) < 4.78 is 42.3. The summed E-state index contributed by atoms with van der Waals surface area (Å²) in [6.45, 7) is 0.149. The van der Waals surface area contributed by atoms with E-state index in [1.165, 1.54) is 24.3 Å². The van der Waals surface area contributed by atoms with Gasteiger partial charge in [-0.05, 0) is 29.8 Å². The van der Waals surface area contributed by atoms with E-state index < -0.39 is 6.61 Å². The van der Waals surface area contributed by atoms with Crippen molar-refractivity contribution in [3.8, 4) is 5.75 Å². The van der Waals surface area contributed by atoms with Crippen molar-refractivity contribution in [2.75, 3.05) is 26.2 Å². The van der Waals surface area contributed by atoms with Gasteiger partial charge in [0.1, 0.15) is 11.6 Å². The van der Waals surface area contributed by atoms with Gasteiger partial charge < -0.3 is 9.64 Å². The maximum absolute atomic E-state index is 13.8. The van der Waals surface area contributed by atoms with Gasteiger partial charge >= 0.3 is 6.61 Å². The van der Waals surface area contributed by atoms with Gasteiger partial charge in [0, 0.05) is 44.4 Å². The number of rotatable bonds is 6. The molecule has 1 amide bonds. The molecule has 1 aliphatic rings. The summed E-state index contributed by atoms with van der Waals surface area (Å²) in [6, 6.07) is 12.8. The van der Waals surface area contributed by atoms with Gasteiger partial charge in [0.25, 0.3) is 0 Å². The van der Waals surface area contributed by atoms with Crippen molar-refractivity contribution < 1.29 is 22.7 Å². The van der Waals surface area contributed by atoms with Gasteiger partial charge in [0.2, 0.25) is 5.91 Å². The molecule has 2 aromatic carbocycles. The summed E-state index contributed by atoms with van der Waals surface area (Å²) in [7, 11) is 0. The molecule has 148 valence electrons. The summed E-state index contributed by atoms with van der Waals surface area (Å²) in [5.74, 6) is -0.253. The molecule has 0 saturated carbocycles. The molecule has 0 N–H and O–H groups in total. The molecule has 0 aromatic heterocycles. The summed E-state index contributed by atoms with van der Waals surface area (Å²) >= 11 is 0. The average molecular weight is 390 g/mol. The molecule has 28 heavy (non-hydrogen) atoms. The quantitative estimate of drug-likeness (QED) is 0.704. The monoisotopic (exact) mass is 390 g/mol. The van der Waals surface area contributed by atoms with Gasteiger partial charge in [-0.25, -0.2) is 4.39 Å². The van der Waals surface area contributed by atoms with Gasteiger partial charge in [-0.1, -0.05) is 30.3 Å². The van der Waals surface area contributed by atoms with Gasteiger partial charge in [-0.3, -0.25) is 9.69 Å². The molecule has 0 bridgehead atoms. The summed E-state index contributed by atoms with van der Waals surface area (Å²) in [4.78, 5) is 16.2. The van der Waals surface area contributed by atoms with Crippen LogP contribution in [0.3, 0.4) is 0 Å². The van der Waals surface area contributed by atoms with Crippen molar-refractivity contribution >= 4 is 12.0 Å². The molecule has 4 nitrogen and oxygen atoms in total. The third kappa shape index (κ3) is 5.60. The molecule has 1 heterocycles. The van der Waals surface area contributed by atoms with Crippen LogP contribution in [-0.2, 0) is 11.3 Å². The van der Waals surface area contributed by atoms with Crippen LogP contribution in [-0.4, -0.2) is 48.5 Å². The number of halogens is 3. The third-order valence-corrected chi connectivity index (χ3v) is 4.56. The Morgan fingerprint density at radius 2 is 1.71 bits per heavy atom. The maximum Gasteiger partial charge on any atom is 0.387 e. The second kappa shape index (κ2) is 9.41. The van der Waals surface area contributed by atoms with Crippen LogP contribution in [0.5, 0.6) is 5.75 Å². The SMILES string of the molecule is O=C(/C=C\c1ccc(OC(F)F)cc1)N1CCN(Cc2ccccc2F)CC1. The van der Waals surface area contributed by atoms with E-state index in [9.17, 15) is 18.0 Å². The number of carbonyl (C=O) groups is 1. The molecular formula is C21H21F3N2O2. The Bertz CT molecular complexity index is 817. The summed E-state index contributed by atoms with van der Waals surface area (Å²) in [5.41, 5.74) is 1.37. The Morgan fingerprint density at radius 1 is 1.04 bits per heavy atom. The zero-order valence-corrected chi connectivity index (χ0v) is 15.2. The molecule has 1 saturated heterocycles. The van der Waals surface area contributed by atoms with E-state index in [0.717, 1.165) is 0 Å². The van der Waals surface area contributed by atoms with Crippen LogP contribution in [0.1, 0.15) is 11.1 Å². The molecule has 0 radical (unpaired) electrons. The lowest BCUT2D eigenvalue weighted by Gasteiger charge is -2.34. The summed E-state index contributed by atoms with van der Waals surface area (Å²) in [5, 5.41) is 0. The van der Waals surface area contributed by atoms with Crippen molar-refractivity contribution in [2.45, 2.75) is 13.2 Å². The third-order valence-electron chi connectivity index (χ3n) is 4.56. The average Bonchev–Trinajstić information content (AvgIpc) is 2.69. The number of benzene rings is 2. The fraction of sp³-hybridized carbons (Fsp3) is 0.286. The highest BCUT2D eigenvalue weighted by Gasteiger charge is 2.20. The van der Waals surface area contributed by atoms with E-state index in [0.29, 0.717) is 43.9 Å². The number of carbonyl (C=O) groups excluding carboxylic acids is 1. The molecule has 0 atom stereocenters. The van der Waals surface area contributed by atoms with Crippen molar-refractivity contribution in [3.63, 3.8) is 0 Å². The Hall–Kier alpha value is -2.80. The largest absolute Gasteiger partial charge is 0.435 e. The van der Waals surface area contributed by atoms with E-state index in [4.69, 9.17) is 0 Å². The van der Waals surface area contributed by atoms with Crippen LogP contribution in [0.4, 0.5) is 13.2 Å². The fourth-order valence-electron chi connectivity index (χ4n) is 3.03. The molecule has 1 fully saturated rings. The van der Waals surface area contributed by atoms with Crippen LogP contribution >= 0.6 is 0 Å². The topological polar surface area (TPSA) is 32.8 Å². The highest BCUT2D eigenvalue weighted by atomic mass is 19.3. The first-order chi connectivity index (χ1) is 13.5. The normalized spacial score (nSPS) is 15.4. The van der Waals surface area contributed by atoms with Gasteiger partial charge in [0.05, 0.1) is 0 Å². The second-order valence-electron chi connectivity index (χ2n) is 6.47. The smallest absolute Gasteiger partial charge is 0.387 e. The Balaban J connectivity index is 1.48. The zero-order valence-electron chi connectivity index (χ0n) is 15.2. The van der Waals surface area contributed by atoms with Crippen LogP contribution < -0.4 is 4.74 Å². The molecule has 7 heteroatoms. The molecule has 3 rings (SSSR count). The summed E-state index contributed by atoms with van der Waals surface area (Å²) in [6.07, 6.45) is 3.11. The number of alkyl halides is 2. The van der Waals surface area contributed by atoms with Gasteiger partial charge in [-0.2, -0.15) is 8.78 Å². The minimum Gasteiger partial charge on any atom is -0.435 e.